The fraction of sp³-hybridized carbons (Fsp3) is 0.559. The maximum absolute atomic E-state index is 10.3. The fourth-order valence-corrected chi connectivity index (χ4v) is 8.51. The molecule has 0 radical (unpaired) electrons. The van der Waals surface area contributed by atoms with Gasteiger partial charge in [-0.25, -0.2) is 14.8 Å². The SMILES string of the molecule is CC[C@@H]1C[C@@H](O[C@@H]2C[C@@H](CC)[C@@H](c3nnc4cnc5[nH]ccc5n34)C2)C[C@@H]1c1nnc2cnc3[nH]ccc3n12.O=C(O)N1CCC(O)CC1. The Morgan fingerprint density at radius 2 is 1.29 bits per heavy atom. The number of likely N-dealkylation sites (tertiary alicyclic amines) is 1. The number of aliphatic hydroxyl groups is 1. The third-order valence-electron chi connectivity index (χ3n) is 11.1. The van der Waals surface area contributed by atoms with E-state index < -0.39 is 6.09 Å². The Labute approximate surface area is 282 Å². The number of hydrogen-bond donors (Lipinski definition) is 4. The smallest absolute Gasteiger partial charge is 0.407 e. The van der Waals surface area contributed by atoms with E-state index in [1.807, 2.05) is 12.4 Å². The number of rotatable bonds is 6. The van der Waals surface area contributed by atoms with E-state index in [1.165, 1.54) is 4.90 Å². The molecule has 6 atom stereocenters. The number of amides is 1. The molecular weight excluding hydrogens is 626 g/mol. The van der Waals surface area contributed by atoms with E-state index in [0.717, 1.165) is 83.8 Å². The third kappa shape index (κ3) is 5.78. The van der Waals surface area contributed by atoms with E-state index in [2.05, 4.69) is 75.1 Å². The number of ether oxygens (including phenoxy) is 1. The maximum atomic E-state index is 10.3. The number of aliphatic hydroxyl groups excluding tert-OH is 1. The quantitative estimate of drug-likeness (QED) is 0.190. The Morgan fingerprint density at radius 3 is 1.73 bits per heavy atom. The second-order valence-electron chi connectivity index (χ2n) is 13.8. The number of carboxylic acid groups (broad SMARTS) is 1. The van der Waals surface area contributed by atoms with E-state index >= 15 is 0 Å². The van der Waals surface area contributed by atoms with Gasteiger partial charge in [0.25, 0.3) is 0 Å². The average Bonchev–Trinajstić information content (AvgIpc) is 3.95. The van der Waals surface area contributed by atoms with Crippen molar-refractivity contribution in [3.63, 3.8) is 0 Å². The highest BCUT2D eigenvalue weighted by atomic mass is 16.5. The van der Waals surface area contributed by atoms with Crippen molar-refractivity contribution in [2.75, 3.05) is 13.1 Å². The molecule has 2 saturated carbocycles. The van der Waals surface area contributed by atoms with Gasteiger partial charge in [-0.3, -0.25) is 8.80 Å². The maximum Gasteiger partial charge on any atom is 0.407 e. The summed E-state index contributed by atoms with van der Waals surface area (Å²) < 4.78 is 11.3. The molecule has 3 fully saturated rings. The Hall–Kier alpha value is -4.63. The molecule has 0 unspecified atom stereocenters. The zero-order valence-electron chi connectivity index (χ0n) is 27.8. The number of fused-ring (bicyclic) bond motifs is 6. The summed E-state index contributed by atoms with van der Waals surface area (Å²) in [4.78, 5) is 27.0. The molecule has 0 spiro atoms. The highest BCUT2D eigenvalue weighted by Crippen LogP contribution is 2.47. The van der Waals surface area contributed by atoms with Gasteiger partial charge in [0.2, 0.25) is 0 Å². The van der Waals surface area contributed by atoms with Crippen LogP contribution in [0.5, 0.6) is 0 Å². The molecule has 1 amide bonds. The number of aromatic nitrogens is 10. The summed E-state index contributed by atoms with van der Waals surface area (Å²) in [6.45, 7) is 5.50. The topological polar surface area (TPSA) is 188 Å². The lowest BCUT2D eigenvalue weighted by Gasteiger charge is -2.26. The molecule has 2 aliphatic carbocycles. The van der Waals surface area contributed by atoms with Crippen LogP contribution in [-0.2, 0) is 4.74 Å². The molecule has 49 heavy (non-hydrogen) atoms. The minimum absolute atomic E-state index is 0.216. The van der Waals surface area contributed by atoms with Crippen molar-refractivity contribution in [3.05, 3.63) is 48.6 Å². The first kappa shape index (κ1) is 31.6. The highest BCUT2D eigenvalue weighted by Gasteiger charge is 2.43. The molecule has 15 nitrogen and oxygen atoms in total. The summed E-state index contributed by atoms with van der Waals surface area (Å²) in [5, 5.41) is 35.7. The summed E-state index contributed by atoms with van der Waals surface area (Å²) in [6, 6.07) is 4.11. The summed E-state index contributed by atoms with van der Waals surface area (Å²) in [7, 11) is 0. The van der Waals surface area contributed by atoms with Crippen molar-refractivity contribution in [1.82, 2.24) is 54.0 Å². The van der Waals surface area contributed by atoms with Crippen LogP contribution in [0.1, 0.15) is 88.7 Å². The van der Waals surface area contributed by atoms with Gasteiger partial charge in [-0.15, -0.1) is 20.4 Å². The van der Waals surface area contributed by atoms with Gasteiger partial charge in [0, 0.05) is 37.3 Å². The first-order valence-corrected chi connectivity index (χ1v) is 17.6. The van der Waals surface area contributed by atoms with E-state index in [-0.39, 0.29) is 18.3 Å². The molecule has 0 bridgehead atoms. The number of nitrogens with zero attached hydrogens (tertiary/aromatic N) is 9. The van der Waals surface area contributed by atoms with Crippen LogP contribution in [0.2, 0.25) is 0 Å². The largest absolute Gasteiger partial charge is 0.465 e. The van der Waals surface area contributed by atoms with Gasteiger partial charge >= 0.3 is 6.09 Å². The number of H-pyrrole nitrogens is 2. The predicted octanol–water partition coefficient (Wildman–Crippen LogP) is 4.91. The summed E-state index contributed by atoms with van der Waals surface area (Å²) in [6.07, 6.45) is 14.1. The second kappa shape index (κ2) is 13.0. The molecule has 6 aromatic rings. The first-order chi connectivity index (χ1) is 23.9. The third-order valence-corrected chi connectivity index (χ3v) is 11.1. The van der Waals surface area contributed by atoms with Crippen LogP contribution in [0.4, 0.5) is 4.79 Å². The molecule has 1 aliphatic heterocycles. The molecule has 1 saturated heterocycles. The van der Waals surface area contributed by atoms with E-state index in [9.17, 15) is 4.79 Å². The van der Waals surface area contributed by atoms with Crippen LogP contribution in [0, 0.1) is 11.8 Å². The Balaban J connectivity index is 0.000000302. The van der Waals surface area contributed by atoms with Crippen LogP contribution in [0.3, 0.4) is 0 Å². The van der Waals surface area contributed by atoms with Crippen molar-refractivity contribution in [2.24, 2.45) is 11.8 Å². The summed E-state index contributed by atoms with van der Waals surface area (Å²) in [5.74, 6) is 3.71. The van der Waals surface area contributed by atoms with Crippen LogP contribution in [0.25, 0.3) is 33.6 Å². The van der Waals surface area contributed by atoms with Gasteiger partial charge in [0.15, 0.2) is 22.6 Å². The number of piperidine rings is 1. The zero-order valence-corrected chi connectivity index (χ0v) is 27.8. The van der Waals surface area contributed by atoms with E-state index in [1.54, 1.807) is 12.4 Å². The lowest BCUT2D eigenvalue weighted by Crippen LogP contribution is -2.39. The van der Waals surface area contributed by atoms with Crippen molar-refractivity contribution in [2.45, 2.75) is 95.4 Å². The molecule has 4 N–H and O–H groups in total. The molecule has 6 aromatic heterocycles. The monoisotopic (exact) mass is 669 g/mol. The van der Waals surface area contributed by atoms with Crippen LogP contribution in [0.15, 0.2) is 36.9 Å². The number of aromatic amines is 2. The van der Waals surface area contributed by atoms with E-state index in [0.29, 0.717) is 49.6 Å². The minimum Gasteiger partial charge on any atom is -0.465 e. The summed E-state index contributed by atoms with van der Waals surface area (Å²) >= 11 is 0. The molecule has 9 rings (SSSR count). The van der Waals surface area contributed by atoms with Gasteiger partial charge in [-0.1, -0.05) is 26.7 Å². The Bertz CT molecular complexity index is 1940. The van der Waals surface area contributed by atoms with Gasteiger partial charge < -0.3 is 29.8 Å². The first-order valence-electron chi connectivity index (χ1n) is 17.6. The highest BCUT2D eigenvalue weighted by molar-refractivity contribution is 5.75. The Morgan fingerprint density at radius 1 is 0.796 bits per heavy atom. The van der Waals surface area contributed by atoms with Gasteiger partial charge in [-0.05, 0) is 62.5 Å². The van der Waals surface area contributed by atoms with Gasteiger partial charge in [0.05, 0.1) is 41.7 Å². The normalized spacial score (nSPS) is 26.3. The lowest BCUT2D eigenvalue weighted by molar-refractivity contribution is -0.00878. The molecule has 3 aliphatic rings. The predicted molar refractivity (Wildman–Crippen MR) is 180 cm³/mol. The van der Waals surface area contributed by atoms with Crippen LogP contribution >= 0.6 is 0 Å². The molecular formula is C34H43N11O4. The number of hydrogen-bond acceptors (Lipinski definition) is 9. The number of carbonyl (C=O) groups is 1. The zero-order chi connectivity index (χ0) is 33.6. The Kier molecular flexibility index (Phi) is 8.39. The van der Waals surface area contributed by atoms with Gasteiger partial charge in [-0.2, -0.15) is 0 Å². The van der Waals surface area contributed by atoms with Crippen LogP contribution < -0.4 is 0 Å². The second-order valence-corrected chi connectivity index (χ2v) is 13.8. The lowest BCUT2D eigenvalue weighted by atomic mass is 9.93. The van der Waals surface area contributed by atoms with Crippen LogP contribution in [-0.4, -0.2) is 102 Å². The standard InChI is InChI=1S/C28H32N10O.C6H11NO3/c1-3-15-9-17(11-19(15)27-35-33-23-13-31-25-21(37(23)27)5-7-29-25)39-18-10-16(4-2)20(12-18)28-36-34-24-14-32-26-22(38(24)28)6-8-30-26;8-5-1-3-7(4-2-5)6(9)10/h5-8,13-20,29-30H,3-4,9-12H2,1-2H3;5,8H,1-4H2,(H,9,10)/t15-,16-,17-,18-,19+,20+;/m1./s1. The molecule has 7 heterocycles. The van der Waals surface area contributed by atoms with Crippen molar-refractivity contribution >= 4 is 39.7 Å². The molecule has 0 aromatic carbocycles. The van der Waals surface area contributed by atoms with Crippen molar-refractivity contribution in [1.29, 1.82) is 0 Å². The van der Waals surface area contributed by atoms with Gasteiger partial charge in [0.1, 0.15) is 11.6 Å². The van der Waals surface area contributed by atoms with E-state index in [4.69, 9.17) is 14.9 Å². The van der Waals surface area contributed by atoms with Crippen molar-refractivity contribution < 1.29 is 19.7 Å². The van der Waals surface area contributed by atoms with Crippen molar-refractivity contribution in [3.8, 4) is 0 Å². The fourth-order valence-electron chi connectivity index (χ4n) is 8.51. The average molecular weight is 670 g/mol. The molecule has 258 valence electrons. The summed E-state index contributed by atoms with van der Waals surface area (Å²) in [5.41, 5.74) is 5.38. The molecule has 15 heteroatoms. The minimum atomic E-state index is -0.883. The number of nitrogens with one attached hydrogen (secondary N) is 2.